The second-order valence-corrected chi connectivity index (χ2v) is 11.3. The van der Waals surface area contributed by atoms with Gasteiger partial charge in [0.25, 0.3) is 0 Å². The summed E-state index contributed by atoms with van der Waals surface area (Å²) in [5.41, 5.74) is 0. The molecule has 6 nitrogen and oxygen atoms in total. The Labute approximate surface area is 211 Å². The number of nitrogens with zero attached hydrogens (tertiary/aromatic N) is 2. The highest BCUT2D eigenvalue weighted by atomic mass is 16.5. The molecule has 0 saturated carbocycles. The first kappa shape index (κ1) is 32.9. The van der Waals surface area contributed by atoms with Crippen molar-refractivity contribution in [2.24, 2.45) is 0 Å². The first-order valence-corrected chi connectivity index (χ1v) is 14.1. The topological polar surface area (TPSA) is 52.6 Å². The van der Waals surface area contributed by atoms with E-state index >= 15 is 0 Å². The van der Waals surface area contributed by atoms with Gasteiger partial charge in [0.15, 0.2) is 13.1 Å². The minimum Gasteiger partial charge on any atom is -0.462 e. The van der Waals surface area contributed by atoms with Crippen LogP contribution in [0.5, 0.6) is 0 Å². The van der Waals surface area contributed by atoms with Crippen LogP contribution >= 0.6 is 0 Å². The van der Waals surface area contributed by atoms with Crippen molar-refractivity contribution in [1.82, 2.24) is 0 Å². The van der Waals surface area contributed by atoms with Gasteiger partial charge in [-0.25, -0.2) is 9.59 Å². The number of hydrogen-bond acceptors (Lipinski definition) is 4. The van der Waals surface area contributed by atoms with Crippen LogP contribution < -0.4 is 0 Å². The Morgan fingerprint density at radius 1 is 0.500 bits per heavy atom. The molecular formula is C28H58N2O4+2. The summed E-state index contributed by atoms with van der Waals surface area (Å²) < 4.78 is 12.2. The Bertz CT molecular complexity index is 475. The number of unbranched alkanes of at least 4 members (excludes halogenated alkanes) is 11. The zero-order valence-electron chi connectivity index (χ0n) is 23.7. The summed E-state index contributed by atoms with van der Waals surface area (Å²) in [6.07, 6.45) is 16.2. The molecule has 0 heterocycles. The summed E-state index contributed by atoms with van der Waals surface area (Å²) in [6, 6.07) is 0. The smallest absolute Gasteiger partial charge is 0.361 e. The number of likely N-dealkylation sites (N-methyl/N-ethyl adjacent to an activating group) is 2. The van der Waals surface area contributed by atoms with Crippen molar-refractivity contribution in [1.29, 1.82) is 0 Å². The summed E-state index contributed by atoms with van der Waals surface area (Å²) in [4.78, 5) is 24.3. The summed E-state index contributed by atoms with van der Waals surface area (Å²) in [5, 5.41) is 0. The van der Waals surface area contributed by atoms with Crippen LogP contribution in [0.15, 0.2) is 0 Å². The van der Waals surface area contributed by atoms with Gasteiger partial charge in [-0.1, -0.05) is 65.2 Å². The first-order chi connectivity index (χ1) is 16.1. The third kappa shape index (κ3) is 21.4. The quantitative estimate of drug-likeness (QED) is 0.105. The number of carbonyl (C=O) groups excluding carboxylic acids is 2. The van der Waals surface area contributed by atoms with Crippen LogP contribution in [0.25, 0.3) is 0 Å². The molecule has 0 spiro atoms. The van der Waals surface area contributed by atoms with Gasteiger partial charge in [0.2, 0.25) is 0 Å². The monoisotopic (exact) mass is 486 g/mol. The second kappa shape index (κ2) is 20.1. The maximum atomic E-state index is 12.1. The molecule has 0 atom stereocenters. The minimum absolute atomic E-state index is 0.0765. The zero-order valence-corrected chi connectivity index (χ0v) is 23.7. The van der Waals surface area contributed by atoms with Crippen LogP contribution in [-0.4, -0.2) is 88.5 Å². The molecule has 202 valence electrons. The fraction of sp³-hybridized carbons (Fsp3) is 0.929. The average molecular weight is 487 g/mol. The molecule has 0 amide bonds. The van der Waals surface area contributed by atoms with Crippen molar-refractivity contribution >= 4 is 11.9 Å². The van der Waals surface area contributed by atoms with Crippen LogP contribution in [0.3, 0.4) is 0 Å². The van der Waals surface area contributed by atoms with E-state index in [2.05, 4.69) is 42.0 Å². The number of ether oxygens (including phenoxy) is 2. The SMILES string of the molecule is CCCCCCCOC(=O)C[N+](C)(C)CCCCCC[N+](C)(C)CC(=O)OCCCCCCC. The van der Waals surface area contributed by atoms with E-state index in [-0.39, 0.29) is 11.9 Å². The highest BCUT2D eigenvalue weighted by Crippen LogP contribution is 2.10. The van der Waals surface area contributed by atoms with Gasteiger partial charge in [0, 0.05) is 0 Å². The van der Waals surface area contributed by atoms with Crippen molar-refractivity contribution in [2.45, 2.75) is 104 Å². The van der Waals surface area contributed by atoms with Crippen molar-refractivity contribution in [2.75, 3.05) is 67.6 Å². The van der Waals surface area contributed by atoms with Gasteiger partial charge < -0.3 is 18.4 Å². The van der Waals surface area contributed by atoms with Crippen molar-refractivity contribution in [3.63, 3.8) is 0 Å². The molecule has 0 rings (SSSR count). The van der Waals surface area contributed by atoms with E-state index in [1.807, 2.05) is 0 Å². The predicted molar refractivity (Wildman–Crippen MR) is 142 cm³/mol. The largest absolute Gasteiger partial charge is 0.462 e. The summed E-state index contributed by atoms with van der Waals surface area (Å²) in [7, 11) is 8.44. The molecule has 0 aliphatic rings. The molecule has 0 aliphatic carbocycles. The number of carbonyl (C=O) groups is 2. The summed E-state index contributed by atoms with van der Waals surface area (Å²) >= 11 is 0. The predicted octanol–water partition coefficient (Wildman–Crippen LogP) is 5.73. The van der Waals surface area contributed by atoms with Gasteiger partial charge in [0.1, 0.15) is 0 Å². The summed E-state index contributed by atoms with van der Waals surface area (Å²) in [5.74, 6) is -0.153. The van der Waals surface area contributed by atoms with E-state index in [0.717, 1.165) is 64.5 Å². The van der Waals surface area contributed by atoms with Gasteiger partial charge in [-0.2, -0.15) is 0 Å². The second-order valence-electron chi connectivity index (χ2n) is 11.3. The van der Waals surface area contributed by atoms with Crippen LogP contribution in [0.4, 0.5) is 0 Å². The van der Waals surface area contributed by atoms with Crippen molar-refractivity contribution in [3.05, 3.63) is 0 Å². The van der Waals surface area contributed by atoms with Crippen molar-refractivity contribution in [3.8, 4) is 0 Å². The van der Waals surface area contributed by atoms with Gasteiger partial charge >= 0.3 is 11.9 Å². The van der Waals surface area contributed by atoms with Crippen LogP contribution in [-0.2, 0) is 19.1 Å². The van der Waals surface area contributed by atoms with Crippen LogP contribution in [0, 0.1) is 0 Å². The number of hydrogen-bond donors (Lipinski definition) is 0. The standard InChI is InChI=1S/C28H58N2O4/c1-7-9-11-15-19-23-33-27(31)25-29(3,4)21-17-13-14-18-22-30(5,6)26-28(32)34-24-20-16-12-10-8-2/h7-26H2,1-6H3/q+2. The van der Waals surface area contributed by atoms with Gasteiger partial charge in [-0.05, 0) is 38.5 Å². The number of quaternary nitrogens is 2. The van der Waals surface area contributed by atoms with Gasteiger partial charge in [-0.3, -0.25) is 0 Å². The van der Waals surface area contributed by atoms with Gasteiger partial charge in [0.05, 0.1) is 54.5 Å². The molecule has 0 fully saturated rings. The molecule has 0 unspecified atom stereocenters. The highest BCUT2D eigenvalue weighted by molar-refractivity contribution is 5.70. The fourth-order valence-corrected chi connectivity index (χ4v) is 4.16. The molecule has 0 aromatic rings. The maximum absolute atomic E-state index is 12.1. The lowest BCUT2D eigenvalue weighted by molar-refractivity contribution is -0.884. The van der Waals surface area contributed by atoms with E-state index in [1.165, 1.54) is 38.5 Å². The molecule has 0 radical (unpaired) electrons. The molecule has 0 N–H and O–H groups in total. The third-order valence-electron chi connectivity index (χ3n) is 6.41. The highest BCUT2D eigenvalue weighted by Gasteiger charge is 2.22. The van der Waals surface area contributed by atoms with E-state index in [1.54, 1.807) is 0 Å². The number of esters is 2. The Morgan fingerprint density at radius 2 is 0.824 bits per heavy atom. The first-order valence-electron chi connectivity index (χ1n) is 14.1. The lowest BCUT2D eigenvalue weighted by Crippen LogP contribution is -2.45. The normalized spacial score (nSPS) is 12.1. The molecule has 0 aromatic heterocycles. The fourth-order valence-electron chi connectivity index (χ4n) is 4.16. The Balaban J connectivity index is 3.83. The lowest BCUT2D eigenvalue weighted by Gasteiger charge is -2.29. The van der Waals surface area contributed by atoms with E-state index in [9.17, 15) is 9.59 Å². The zero-order chi connectivity index (χ0) is 25.7. The molecule has 0 aliphatic heterocycles. The third-order valence-corrected chi connectivity index (χ3v) is 6.41. The molecule has 34 heavy (non-hydrogen) atoms. The van der Waals surface area contributed by atoms with Crippen LogP contribution in [0.1, 0.15) is 104 Å². The van der Waals surface area contributed by atoms with Crippen LogP contribution in [0.2, 0.25) is 0 Å². The molecule has 6 heteroatoms. The molecule has 0 bridgehead atoms. The Kier molecular flexibility index (Phi) is 19.4. The van der Waals surface area contributed by atoms with E-state index in [4.69, 9.17) is 9.47 Å². The summed E-state index contributed by atoms with van der Waals surface area (Å²) in [6.45, 7) is 8.38. The van der Waals surface area contributed by atoms with Gasteiger partial charge in [-0.15, -0.1) is 0 Å². The molecule has 0 saturated heterocycles. The lowest BCUT2D eigenvalue weighted by atomic mass is 10.1. The number of rotatable bonds is 23. The maximum Gasteiger partial charge on any atom is 0.361 e. The van der Waals surface area contributed by atoms with Crippen molar-refractivity contribution < 1.29 is 28.0 Å². The van der Waals surface area contributed by atoms with E-state index < -0.39 is 0 Å². The Hall–Kier alpha value is -1.14. The molecule has 0 aromatic carbocycles. The van der Waals surface area contributed by atoms with E-state index in [0.29, 0.717) is 35.3 Å². The minimum atomic E-state index is -0.0765. The average Bonchev–Trinajstić information content (AvgIpc) is 2.74. The Morgan fingerprint density at radius 3 is 1.18 bits per heavy atom. The molecular weight excluding hydrogens is 428 g/mol.